The molecular weight excluding hydrogens is 403 g/mol. The van der Waals surface area contributed by atoms with E-state index in [0.29, 0.717) is 11.4 Å². The second-order valence-corrected chi connectivity index (χ2v) is 6.40. The number of benzene rings is 2. The standard InChI is InChI=1S/C21H17FN6O3/c1-31-14-8-6-13(7-9-14)17-12-18(24-23-17)21(30)26-25-20(29)16-10-11-28(27-16)19-5-3-2-4-15(19)22/h2-12H,1H3,(H,23,24)(H,25,29)(H,26,30). The van der Waals surface area contributed by atoms with Crippen LogP contribution in [0.3, 0.4) is 0 Å². The Labute approximate surface area is 175 Å². The van der Waals surface area contributed by atoms with Crippen LogP contribution in [-0.4, -0.2) is 38.9 Å². The van der Waals surface area contributed by atoms with Gasteiger partial charge in [0.15, 0.2) is 5.69 Å². The second-order valence-electron chi connectivity index (χ2n) is 6.40. The molecule has 0 radical (unpaired) electrons. The van der Waals surface area contributed by atoms with Crippen molar-refractivity contribution in [1.82, 2.24) is 30.8 Å². The molecule has 0 saturated heterocycles. The fourth-order valence-corrected chi connectivity index (χ4v) is 2.81. The molecule has 0 saturated carbocycles. The Morgan fingerprint density at radius 2 is 1.77 bits per heavy atom. The van der Waals surface area contributed by atoms with Crippen molar-refractivity contribution in [2.24, 2.45) is 0 Å². The number of halogens is 1. The van der Waals surface area contributed by atoms with Gasteiger partial charge in [-0.15, -0.1) is 0 Å². The van der Waals surface area contributed by atoms with Crippen molar-refractivity contribution in [3.63, 3.8) is 0 Å². The molecule has 0 aliphatic rings. The first-order chi connectivity index (χ1) is 15.0. The van der Waals surface area contributed by atoms with E-state index < -0.39 is 17.6 Å². The van der Waals surface area contributed by atoms with Crippen LogP contribution in [0.5, 0.6) is 5.75 Å². The van der Waals surface area contributed by atoms with Crippen LogP contribution in [-0.2, 0) is 0 Å². The molecule has 0 bridgehead atoms. The van der Waals surface area contributed by atoms with Crippen LogP contribution in [0.1, 0.15) is 21.0 Å². The Morgan fingerprint density at radius 3 is 2.52 bits per heavy atom. The molecule has 10 heteroatoms. The Balaban J connectivity index is 1.38. The largest absolute Gasteiger partial charge is 0.497 e. The number of hydrogen-bond donors (Lipinski definition) is 3. The molecule has 0 unspecified atom stereocenters. The number of para-hydroxylation sites is 1. The maximum absolute atomic E-state index is 13.9. The predicted molar refractivity (Wildman–Crippen MR) is 109 cm³/mol. The fourth-order valence-electron chi connectivity index (χ4n) is 2.81. The molecule has 3 N–H and O–H groups in total. The lowest BCUT2D eigenvalue weighted by Gasteiger charge is -2.04. The van der Waals surface area contributed by atoms with Gasteiger partial charge in [-0.3, -0.25) is 25.5 Å². The van der Waals surface area contributed by atoms with Crippen molar-refractivity contribution in [3.8, 4) is 22.7 Å². The highest BCUT2D eigenvalue weighted by Gasteiger charge is 2.15. The summed E-state index contributed by atoms with van der Waals surface area (Å²) < 4.78 is 20.2. The first-order valence-corrected chi connectivity index (χ1v) is 9.16. The van der Waals surface area contributed by atoms with Gasteiger partial charge in [0.2, 0.25) is 0 Å². The van der Waals surface area contributed by atoms with E-state index in [1.807, 2.05) is 12.1 Å². The molecule has 0 fully saturated rings. The average molecular weight is 420 g/mol. The first kappa shape index (κ1) is 19.8. The summed E-state index contributed by atoms with van der Waals surface area (Å²) in [7, 11) is 1.57. The molecule has 31 heavy (non-hydrogen) atoms. The third-order valence-corrected chi connectivity index (χ3v) is 4.42. The molecule has 0 aliphatic carbocycles. The zero-order chi connectivity index (χ0) is 21.8. The molecule has 2 amide bonds. The number of methoxy groups -OCH3 is 1. The highest BCUT2D eigenvalue weighted by atomic mass is 19.1. The number of hydrogen-bond acceptors (Lipinski definition) is 5. The van der Waals surface area contributed by atoms with Crippen LogP contribution in [0.4, 0.5) is 4.39 Å². The second kappa shape index (κ2) is 8.49. The Kier molecular flexibility index (Phi) is 5.43. The van der Waals surface area contributed by atoms with Gasteiger partial charge in [-0.2, -0.15) is 10.2 Å². The van der Waals surface area contributed by atoms with E-state index in [4.69, 9.17) is 4.74 Å². The third-order valence-electron chi connectivity index (χ3n) is 4.42. The maximum Gasteiger partial charge on any atom is 0.290 e. The average Bonchev–Trinajstić information content (AvgIpc) is 3.48. The van der Waals surface area contributed by atoms with Crippen molar-refractivity contribution < 1.29 is 18.7 Å². The minimum atomic E-state index is -0.654. The van der Waals surface area contributed by atoms with E-state index in [2.05, 4.69) is 26.1 Å². The molecular formula is C21H17FN6O3. The number of hydrazine groups is 1. The van der Waals surface area contributed by atoms with Crippen LogP contribution in [0.2, 0.25) is 0 Å². The predicted octanol–water partition coefficient (Wildman–Crippen LogP) is 2.48. The number of carbonyl (C=O) groups is 2. The lowest BCUT2D eigenvalue weighted by molar-refractivity contribution is 0.0841. The van der Waals surface area contributed by atoms with Gasteiger partial charge < -0.3 is 4.74 Å². The molecule has 0 atom stereocenters. The summed E-state index contributed by atoms with van der Waals surface area (Å²) in [5.74, 6) is -1.01. The van der Waals surface area contributed by atoms with Gasteiger partial charge in [0.05, 0.1) is 12.8 Å². The molecule has 2 aromatic carbocycles. The number of rotatable bonds is 5. The van der Waals surface area contributed by atoms with E-state index in [9.17, 15) is 14.0 Å². The monoisotopic (exact) mass is 420 g/mol. The number of ether oxygens (including phenoxy) is 1. The van der Waals surface area contributed by atoms with Crippen LogP contribution in [0.15, 0.2) is 66.9 Å². The van der Waals surface area contributed by atoms with Gasteiger partial charge in [-0.1, -0.05) is 12.1 Å². The summed E-state index contributed by atoms with van der Waals surface area (Å²) in [6.45, 7) is 0. The van der Waals surface area contributed by atoms with Crippen LogP contribution in [0.25, 0.3) is 16.9 Å². The maximum atomic E-state index is 13.9. The molecule has 156 valence electrons. The van der Waals surface area contributed by atoms with Gasteiger partial charge in [0.25, 0.3) is 11.8 Å². The van der Waals surface area contributed by atoms with Crippen molar-refractivity contribution in [2.45, 2.75) is 0 Å². The number of aromatic nitrogens is 4. The van der Waals surface area contributed by atoms with Crippen LogP contribution in [0, 0.1) is 5.82 Å². The summed E-state index contributed by atoms with van der Waals surface area (Å²) >= 11 is 0. The van der Waals surface area contributed by atoms with E-state index >= 15 is 0 Å². The SMILES string of the molecule is COc1ccc(-c2cc(C(=O)NNC(=O)c3ccn(-c4ccccc4F)n3)[nH]n2)cc1. The summed E-state index contributed by atoms with van der Waals surface area (Å²) in [5.41, 5.74) is 6.27. The lowest BCUT2D eigenvalue weighted by atomic mass is 10.1. The van der Waals surface area contributed by atoms with Gasteiger partial charge in [0, 0.05) is 11.8 Å². The van der Waals surface area contributed by atoms with Crippen molar-refractivity contribution in [2.75, 3.05) is 7.11 Å². The third kappa shape index (κ3) is 4.27. The van der Waals surface area contributed by atoms with Gasteiger partial charge in [-0.25, -0.2) is 9.07 Å². The molecule has 0 aliphatic heterocycles. The van der Waals surface area contributed by atoms with Gasteiger partial charge in [-0.05, 0) is 48.5 Å². The smallest absolute Gasteiger partial charge is 0.290 e. The summed E-state index contributed by atoms with van der Waals surface area (Å²) in [6.07, 6.45) is 1.45. The number of nitrogens with zero attached hydrogens (tertiary/aromatic N) is 3. The van der Waals surface area contributed by atoms with E-state index in [1.165, 1.54) is 29.1 Å². The molecule has 4 aromatic rings. The van der Waals surface area contributed by atoms with Crippen LogP contribution >= 0.6 is 0 Å². The van der Waals surface area contributed by atoms with Crippen molar-refractivity contribution >= 4 is 11.8 Å². The quantitative estimate of drug-likeness (QED) is 0.429. The highest BCUT2D eigenvalue weighted by molar-refractivity contribution is 5.97. The number of amides is 2. The van der Waals surface area contributed by atoms with E-state index in [-0.39, 0.29) is 17.1 Å². The topological polar surface area (TPSA) is 114 Å². The fraction of sp³-hybridized carbons (Fsp3) is 0.0476. The number of nitrogens with one attached hydrogen (secondary N) is 3. The Bertz CT molecular complexity index is 1230. The van der Waals surface area contributed by atoms with Crippen molar-refractivity contribution in [1.29, 1.82) is 0 Å². The zero-order valence-electron chi connectivity index (χ0n) is 16.3. The number of carbonyl (C=O) groups excluding carboxylic acids is 2. The molecule has 4 rings (SSSR count). The molecule has 0 spiro atoms. The number of H-pyrrole nitrogens is 1. The molecule has 2 aromatic heterocycles. The minimum Gasteiger partial charge on any atom is -0.497 e. The van der Waals surface area contributed by atoms with Crippen molar-refractivity contribution in [3.05, 3.63) is 84.1 Å². The summed E-state index contributed by atoms with van der Waals surface area (Å²) in [5, 5.41) is 10.8. The number of aromatic amines is 1. The van der Waals surface area contributed by atoms with Gasteiger partial charge >= 0.3 is 0 Å². The molecule has 2 heterocycles. The normalized spacial score (nSPS) is 10.5. The molecule has 9 nitrogen and oxygen atoms in total. The summed E-state index contributed by atoms with van der Waals surface area (Å²) in [6, 6.07) is 16.2. The first-order valence-electron chi connectivity index (χ1n) is 9.16. The Hall–Kier alpha value is -4.47. The van der Waals surface area contributed by atoms with E-state index in [1.54, 1.807) is 37.4 Å². The minimum absolute atomic E-state index is 0.00656. The Morgan fingerprint density at radius 1 is 1.03 bits per heavy atom. The lowest BCUT2D eigenvalue weighted by Crippen LogP contribution is -2.42. The highest BCUT2D eigenvalue weighted by Crippen LogP contribution is 2.21. The van der Waals surface area contributed by atoms with Crippen LogP contribution < -0.4 is 15.6 Å². The van der Waals surface area contributed by atoms with Gasteiger partial charge in [0.1, 0.15) is 22.9 Å². The van der Waals surface area contributed by atoms with E-state index in [0.717, 1.165) is 5.56 Å². The zero-order valence-corrected chi connectivity index (χ0v) is 16.3. The summed E-state index contributed by atoms with van der Waals surface area (Å²) in [4.78, 5) is 24.6.